The van der Waals surface area contributed by atoms with Crippen LogP contribution >= 0.6 is 0 Å². The Morgan fingerprint density at radius 1 is 0.931 bits per heavy atom. The number of aromatic nitrogens is 2. The summed E-state index contributed by atoms with van der Waals surface area (Å²) in [6, 6.07) is 24.5. The zero-order valence-electron chi connectivity index (χ0n) is 16.0. The average Bonchev–Trinajstić information content (AvgIpc) is 3.22. The lowest BCUT2D eigenvalue weighted by molar-refractivity contribution is -0.131. The number of rotatable bonds is 5. The first kappa shape index (κ1) is 18.4. The van der Waals surface area contributed by atoms with Gasteiger partial charge < -0.3 is 5.11 Å². The maximum absolute atomic E-state index is 10.8. The molecule has 0 fully saturated rings. The van der Waals surface area contributed by atoms with Crippen molar-refractivity contribution >= 4 is 34.1 Å². The Morgan fingerprint density at radius 2 is 1.66 bits per heavy atom. The minimum atomic E-state index is -0.956. The molecule has 0 radical (unpaired) electrons. The number of carboxylic acid groups (broad SMARTS) is 1. The highest BCUT2D eigenvalue weighted by Crippen LogP contribution is 2.33. The fraction of sp³-hybridized carbons (Fsp3) is 0.0400. The first-order valence-electron chi connectivity index (χ1n) is 9.33. The summed E-state index contributed by atoms with van der Waals surface area (Å²) in [6.07, 6.45) is 4.57. The topological polar surface area (TPSA) is 66.0 Å². The fourth-order valence-corrected chi connectivity index (χ4v) is 3.46. The summed E-state index contributed by atoms with van der Waals surface area (Å²) in [6.45, 7) is 2.13. The number of fused-ring (bicyclic) bond motifs is 1. The van der Waals surface area contributed by atoms with E-state index in [0.29, 0.717) is 0 Å². The Hall–Kier alpha value is -3.92. The van der Waals surface area contributed by atoms with Crippen LogP contribution in [0.25, 0.3) is 28.1 Å². The molecule has 1 aromatic heterocycles. The highest BCUT2D eigenvalue weighted by atomic mass is 16.4. The minimum absolute atomic E-state index is 0.846. The number of carboxylic acids is 1. The van der Waals surface area contributed by atoms with Gasteiger partial charge in [0, 0.05) is 11.5 Å². The molecule has 0 aliphatic rings. The Bertz CT molecular complexity index is 1220. The Kier molecular flexibility index (Phi) is 5.08. The normalized spacial score (nSPS) is 12.3. The van der Waals surface area contributed by atoms with Gasteiger partial charge in [-0.2, -0.15) is 5.10 Å². The zero-order valence-corrected chi connectivity index (χ0v) is 16.0. The standard InChI is InChI=1S/C25H20N2O2/c1-17(19-5-3-2-4-6-19)25(21-12-13-23-22(15-21)16-26-27-23)20-10-7-18(8-11-20)9-14-24(28)29/h2-16H,1H3,(H,26,27)(H,28,29)/b14-9+,25-17+. The van der Waals surface area contributed by atoms with Gasteiger partial charge in [0.1, 0.15) is 0 Å². The highest BCUT2D eigenvalue weighted by molar-refractivity contribution is 5.99. The second-order valence-electron chi connectivity index (χ2n) is 6.83. The van der Waals surface area contributed by atoms with Gasteiger partial charge >= 0.3 is 5.97 Å². The summed E-state index contributed by atoms with van der Waals surface area (Å²) >= 11 is 0. The maximum Gasteiger partial charge on any atom is 0.328 e. The van der Waals surface area contributed by atoms with Crippen molar-refractivity contribution in [1.29, 1.82) is 0 Å². The van der Waals surface area contributed by atoms with Crippen LogP contribution in [0.4, 0.5) is 0 Å². The van der Waals surface area contributed by atoms with Gasteiger partial charge in [-0.3, -0.25) is 5.10 Å². The van der Waals surface area contributed by atoms with Crippen LogP contribution in [0.1, 0.15) is 29.2 Å². The molecular weight excluding hydrogens is 360 g/mol. The van der Waals surface area contributed by atoms with E-state index in [1.54, 1.807) is 6.08 Å². The molecule has 4 rings (SSSR count). The van der Waals surface area contributed by atoms with E-state index in [9.17, 15) is 4.79 Å². The van der Waals surface area contributed by atoms with Crippen LogP contribution in [-0.2, 0) is 4.79 Å². The van der Waals surface area contributed by atoms with E-state index >= 15 is 0 Å². The molecule has 0 amide bonds. The molecule has 0 atom stereocenters. The number of H-pyrrole nitrogens is 1. The van der Waals surface area contributed by atoms with Crippen molar-refractivity contribution in [3.05, 3.63) is 107 Å². The van der Waals surface area contributed by atoms with E-state index in [2.05, 4.69) is 41.4 Å². The Balaban J connectivity index is 1.85. The summed E-state index contributed by atoms with van der Waals surface area (Å²) in [7, 11) is 0. The van der Waals surface area contributed by atoms with E-state index in [1.807, 2.05) is 54.7 Å². The van der Waals surface area contributed by atoms with Gasteiger partial charge in [0.05, 0.1) is 11.7 Å². The van der Waals surface area contributed by atoms with Gasteiger partial charge in [0.25, 0.3) is 0 Å². The van der Waals surface area contributed by atoms with E-state index in [0.717, 1.165) is 44.8 Å². The number of allylic oxidation sites excluding steroid dienone is 1. The van der Waals surface area contributed by atoms with Gasteiger partial charge in [-0.05, 0) is 58.5 Å². The molecule has 4 heteroatoms. The number of aromatic amines is 1. The second kappa shape index (κ2) is 7.98. The summed E-state index contributed by atoms with van der Waals surface area (Å²) in [5.41, 5.74) is 7.48. The molecule has 0 aliphatic heterocycles. The predicted octanol–water partition coefficient (Wildman–Crippen LogP) is 5.64. The van der Waals surface area contributed by atoms with E-state index in [1.165, 1.54) is 5.57 Å². The molecule has 0 unspecified atom stereocenters. The van der Waals surface area contributed by atoms with Gasteiger partial charge in [0.2, 0.25) is 0 Å². The van der Waals surface area contributed by atoms with Crippen molar-refractivity contribution in [3.63, 3.8) is 0 Å². The van der Waals surface area contributed by atoms with Crippen LogP contribution in [0.5, 0.6) is 0 Å². The SMILES string of the molecule is C/C(=C(/c1ccc(/C=C/C(=O)O)cc1)c1ccc2[nH]ncc2c1)c1ccccc1. The van der Waals surface area contributed by atoms with Gasteiger partial charge in [-0.1, -0.05) is 60.7 Å². The van der Waals surface area contributed by atoms with Gasteiger partial charge in [-0.15, -0.1) is 0 Å². The first-order valence-corrected chi connectivity index (χ1v) is 9.33. The summed E-state index contributed by atoms with van der Waals surface area (Å²) in [4.78, 5) is 10.8. The van der Waals surface area contributed by atoms with Crippen LogP contribution in [0.2, 0.25) is 0 Å². The predicted molar refractivity (Wildman–Crippen MR) is 117 cm³/mol. The number of aliphatic carboxylic acids is 1. The van der Waals surface area contributed by atoms with Gasteiger partial charge in [-0.25, -0.2) is 4.79 Å². The Labute approximate surface area is 168 Å². The second-order valence-corrected chi connectivity index (χ2v) is 6.83. The number of carbonyl (C=O) groups is 1. The van der Waals surface area contributed by atoms with Crippen LogP contribution in [-0.4, -0.2) is 21.3 Å². The third kappa shape index (κ3) is 4.01. The number of nitrogens with one attached hydrogen (secondary N) is 1. The van der Waals surface area contributed by atoms with Crippen molar-refractivity contribution in [2.75, 3.05) is 0 Å². The third-order valence-electron chi connectivity index (χ3n) is 4.93. The van der Waals surface area contributed by atoms with E-state index in [-0.39, 0.29) is 0 Å². The highest BCUT2D eigenvalue weighted by Gasteiger charge is 2.12. The molecule has 3 aromatic carbocycles. The number of hydrogen-bond acceptors (Lipinski definition) is 2. The number of benzene rings is 3. The molecule has 4 nitrogen and oxygen atoms in total. The lowest BCUT2D eigenvalue weighted by Gasteiger charge is -2.15. The molecule has 1 heterocycles. The molecule has 29 heavy (non-hydrogen) atoms. The van der Waals surface area contributed by atoms with Crippen molar-refractivity contribution in [1.82, 2.24) is 10.2 Å². The fourth-order valence-electron chi connectivity index (χ4n) is 3.46. The molecule has 2 N–H and O–H groups in total. The van der Waals surface area contributed by atoms with E-state index in [4.69, 9.17) is 5.11 Å². The third-order valence-corrected chi connectivity index (χ3v) is 4.93. The van der Waals surface area contributed by atoms with Crippen LogP contribution in [0.15, 0.2) is 85.1 Å². The number of nitrogens with zero attached hydrogens (tertiary/aromatic N) is 1. The quantitative estimate of drug-likeness (QED) is 0.348. The van der Waals surface area contributed by atoms with Crippen molar-refractivity contribution in [2.45, 2.75) is 6.92 Å². The summed E-state index contributed by atoms with van der Waals surface area (Å²) < 4.78 is 0. The summed E-state index contributed by atoms with van der Waals surface area (Å²) in [5, 5.41) is 17.0. The average molecular weight is 380 g/mol. The van der Waals surface area contributed by atoms with Crippen molar-refractivity contribution < 1.29 is 9.90 Å². The lowest BCUT2D eigenvalue weighted by Crippen LogP contribution is -1.93. The molecule has 0 spiro atoms. The number of hydrogen-bond donors (Lipinski definition) is 2. The maximum atomic E-state index is 10.8. The smallest absolute Gasteiger partial charge is 0.328 e. The Morgan fingerprint density at radius 3 is 2.38 bits per heavy atom. The molecule has 0 aliphatic carbocycles. The monoisotopic (exact) mass is 380 g/mol. The van der Waals surface area contributed by atoms with Crippen molar-refractivity contribution in [2.24, 2.45) is 0 Å². The molecule has 4 aromatic rings. The molecular formula is C25H20N2O2. The molecule has 0 bridgehead atoms. The zero-order chi connectivity index (χ0) is 20.2. The first-order chi connectivity index (χ1) is 14.1. The molecule has 142 valence electrons. The van der Waals surface area contributed by atoms with Gasteiger partial charge in [0.15, 0.2) is 0 Å². The van der Waals surface area contributed by atoms with E-state index < -0.39 is 5.97 Å². The molecule has 0 saturated heterocycles. The van der Waals surface area contributed by atoms with Crippen LogP contribution < -0.4 is 0 Å². The van der Waals surface area contributed by atoms with Crippen molar-refractivity contribution in [3.8, 4) is 0 Å². The lowest BCUT2D eigenvalue weighted by atomic mass is 9.89. The largest absolute Gasteiger partial charge is 0.478 e. The summed E-state index contributed by atoms with van der Waals surface area (Å²) in [5.74, 6) is -0.956. The minimum Gasteiger partial charge on any atom is -0.478 e. The van der Waals surface area contributed by atoms with Crippen LogP contribution in [0, 0.1) is 0 Å². The molecule has 0 saturated carbocycles. The van der Waals surface area contributed by atoms with Crippen LogP contribution in [0.3, 0.4) is 0 Å².